The third kappa shape index (κ3) is 3.42. The molecule has 2 N–H and O–H groups in total. The molecule has 3 aromatic rings. The third-order valence-corrected chi connectivity index (χ3v) is 3.90. The Morgan fingerprint density at radius 1 is 1.09 bits per heavy atom. The molecule has 1 amide bonds. The fraction of sp³-hybridized carbons (Fsp3) is 0.263. The molecule has 0 fully saturated rings. The van der Waals surface area contributed by atoms with E-state index in [0.29, 0.717) is 11.6 Å². The molecule has 4 heteroatoms. The molecule has 0 radical (unpaired) electrons. The molecule has 0 aliphatic heterocycles. The Morgan fingerprint density at radius 2 is 1.78 bits per heavy atom. The van der Waals surface area contributed by atoms with E-state index in [1.54, 1.807) is 0 Å². The van der Waals surface area contributed by atoms with Crippen LogP contribution < -0.4 is 5.32 Å². The summed E-state index contributed by atoms with van der Waals surface area (Å²) in [6.07, 6.45) is 0.887. The number of hydrogen-bond acceptors (Lipinski definition) is 2. The summed E-state index contributed by atoms with van der Waals surface area (Å²) in [5.41, 5.74) is 2.44. The van der Waals surface area contributed by atoms with Gasteiger partial charge in [-0.25, -0.2) is 0 Å². The molecular formula is C19H21N3O. The molecule has 1 unspecified atom stereocenters. The maximum atomic E-state index is 12.7. The van der Waals surface area contributed by atoms with E-state index < -0.39 is 0 Å². The summed E-state index contributed by atoms with van der Waals surface area (Å²) >= 11 is 0. The van der Waals surface area contributed by atoms with Gasteiger partial charge in [0.15, 0.2) is 5.69 Å². The summed E-state index contributed by atoms with van der Waals surface area (Å²) in [6.45, 7) is 4.32. The van der Waals surface area contributed by atoms with Crippen molar-refractivity contribution in [2.75, 3.05) is 0 Å². The summed E-state index contributed by atoms with van der Waals surface area (Å²) in [4.78, 5) is 12.7. The minimum absolute atomic E-state index is 0.0147. The number of fused-ring (bicyclic) bond motifs is 1. The molecule has 0 saturated heterocycles. The minimum atomic E-state index is -0.142. The van der Waals surface area contributed by atoms with Gasteiger partial charge in [0.25, 0.3) is 5.91 Å². The summed E-state index contributed by atoms with van der Waals surface area (Å²) in [6, 6.07) is 17.7. The number of amides is 1. The number of hydrogen-bond donors (Lipinski definition) is 2. The highest BCUT2D eigenvalue weighted by Gasteiger charge is 2.20. The number of rotatable bonds is 5. The lowest BCUT2D eigenvalue weighted by Crippen LogP contribution is -2.30. The predicted octanol–water partition coefficient (Wildman–Crippen LogP) is 4.08. The Bertz CT molecular complexity index is 792. The molecule has 4 nitrogen and oxygen atoms in total. The Morgan fingerprint density at radius 3 is 2.52 bits per heavy atom. The van der Waals surface area contributed by atoms with Gasteiger partial charge in [-0.1, -0.05) is 62.4 Å². The number of nitrogens with zero attached hydrogens (tertiary/aromatic N) is 1. The summed E-state index contributed by atoms with van der Waals surface area (Å²) in [7, 11) is 0. The van der Waals surface area contributed by atoms with Crippen LogP contribution in [0.1, 0.15) is 42.4 Å². The quantitative estimate of drug-likeness (QED) is 0.746. The fourth-order valence-electron chi connectivity index (χ4n) is 2.80. The monoisotopic (exact) mass is 307 g/mol. The van der Waals surface area contributed by atoms with E-state index in [1.807, 2.05) is 42.5 Å². The lowest BCUT2D eigenvalue weighted by Gasteiger charge is -2.20. The molecule has 1 aromatic heterocycles. The van der Waals surface area contributed by atoms with Crippen molar-refractivity contribution in [1.29, 1.82) is 0 Å². The van der Waals surface area contributed by atoms with Gasteiger partial charge in [0, 0.05) is 5.39 Å². The first-order valence-electron chi connectivity index (χ1n) is 7.94. The zero-order chi connectivity index (χ0) is 16.2. The number of H-pyrrole nitrogens is 1. The highest BCUT2D eigenvalue weighted by Crippen LogP contribution is 2.22. The SMILES string of the molecule is CC(C)CC(NC(=O)c1n[nH]c2ccccc12)c1ccccc1. The van der Waals surface area contributed by atoms with Gasteiger partial charge >= 0.3 is 0 Å². The van der Waals surface area contributed by atoms with Gasteiger partial charge in [0.1, 0.15) is 0 Å². The van der Waals surface area contributed by atoms with E-state index in [0.717, 1.165) is 22.9 Å². The molecule has 1 heterocycles. The van der Waals surface area contributed by atoms with Crippen LogP contribution >= 0.6 is 0 Å². The third-order valence-electron chi connectivity index (χ3n) is 3.90. The first-order chi connectivity index (χ1) is 11.1. The van der Waals surface area contributed by atoms with Crippen molar-refractivity contribution in [2.45, 2.75) is 26.3 Å². The second kappa shape index (κ2) is 6.65. The van der Waals surface area contributed by atoms with Crippen LogP contribution in [0.2, 0.25) is 0 Å². The van der Waals surface area contributed by atoms with E-state index in [4.69, 9.17) is 0 Å². The molecular weight excluding hydrogens is 286 g/mol. The largest absolute Gasteiger partial charge is 0.344 e. The van der Waals surface area contributed by atoms with E-state index in [-0.39, 0.29) is 11.9 Å². The Balaban J connectivity index is 1.86. The van der Waals surface area contributed by atoms with E-state index in [2.05, 4.69) is 41.5 Å². The average Bonchev–Trinajstić information content (AvgIpc) is 2.99. The average molecular weight is 307 g/mol. The second-order valence-corrected chi connectivity index (χ2v) is 6.18. The van der Waals surface area contributed by atoms with Crippen LogP contribution in [0.25, 0.3) is 10.9 Å². The first kappa shape index (κ1) is 15.3. The number of benzene rings is 2. The van der Waals surface area contributed by atoms with Crippen LogP contribution in [0.5, 0.6) is 0 Å². The molecule has 2 aromatic carbocycles. The van der Waals surface area contributed by atoms with Crippen molar-refractivity contribution < 1.29 is 4.79 Å². The topological polar surface area (TPSA) is 57.8 Å². The lowest BCUT2D eigenvalue weighted by atomic mass is 9.97. The Kier molecular flexibility index (Phi) is 4.42. The number of carbonyl (C=O) groups is 1. The lowest BCUT2D eigenvalue weighted by molar-refractivity contribution is 0.0928. The van der Waals surface area contributed by atoms with Gasteiger partial charge in [0.2, 0.25) is 0 Å². The number of nitrogens with one attached hydrogen (secondary N) is 2. The minimum Gasteiger partial charge on any atom is -0.344 e. The van der Waals surface area contributed by atoms with Gasteiger partial charge in [0.05, 0.1) is 11.6 Å². The van der Waals surface area contributed by atoms with Crippen LogP contribution in [0.15, 0.2) is 54.6 Å². The maximum Gasteiger partial charge on any atom is 0.272 e. The zero-order valence-corrected chi connectivity index (χ0v) is 13.4. The summed E-state index contributed by atoms with van der Waals surface area (Å²) in [5.74, 6) is 0.341. The number of aromatic nitrogens is 2. The Hall–Kier alpha value is -2.62. The molecule has 0 bridgehead atoms. The molecule has 0 aliphatic carbocycles. The smallest absolute Gasteiger partial charge is 0.272 e. The van der Waals surface area contributed by atoms with Gasteiger partial charge in [-0.15, -0.1) is 0 Å². The first-order valence-corrected chi connectivity index (χ1v) is 7.94. The van der Waals surface area contributed by atoms with Crippen LogP contribution in [-0.2, 0) is 0 Å². The van der Waals surface area contributed by atoms with Gasteiger partial charge < -0.3 is 5.32 Å². The molecule has 1 atom stereocenters. The maximum absolute atomic E-state index is 12.7. The van der Waals surface area contributed by atoms with Crippen molar-refractivity contribution in [3.63, 3.8) is 0 Å². The van der Waals surface area contributed by atoms with Gasteiger partial charge in [-0.3, -0.25) is 9.89 Å². The van der Waals surface area contributed by atoms with E-state index in [9.17, 15) is 4.79 Å². The molecule has 0 spiro atoms. The molecule has 0 aliphatic rings. The van der Waals surface area contributed by atoms with E-state index >= 15 is 0 Å². The molecule has 23 heavy (non-hydrogen) atoms. The van der Waals surface area contributed by atoms with Crippen molar-refractivity contribution in [3.8, 4) is 0 Å². The van der Waals surface area contributed by atoms with Crippen LogP contribution in [0.4, 0.5) is 0 Å². The van der Waals surface area contributed by atoms with Crippen molar-refractivity contribution in [2.24, 2.45) is 5.92 Å². The summed E-state index contributed by atoms with van der Waals surface area (Å²) in [5, 5.41) is 11.1. The molecule has 0 saturated carbocycles. The van der Waals surface area contributed by atoms with E-state index in [1.165, 1.54) is 0 Å². The van der Waals surface area contributed by atoms with Crippen molar-refractivity contribution in [3.05, 3.63) is 65.9 Å². The molecule has 3 rings (SSSR count). The second-order valence-electron chi connectivity index (χ2n) is 6.18. The van der Waals surface area contributed by atoms with Crippen molar-refractivity contribution >= 4 is 16.8 Å². The highest BCUT2D eigenvalue weighted by molar-refractivity contribution is 6.04. The van der Waals surface area contributed by atoms with Gasteiger partial charge in [-0.2, -0.15) is 5.10 Å². The number of aromatic amines is 1. The van der Waals surface area contributed by atoms with Crippen LogP contribution in [-0.4, -0.2) is 16.1 Å². The normalized spacial score (nSPS) is 12.5. The van der Waals surface area contributed by atoms with Crippen LogP contribution in [0, 0.1) is 5.92 Å². The highest BCUT2D eigenvalue weighted by atomic mass is 16.2. The van der Waals surface area contributed by atoms with Gasteiger partial charge in [-0.05, 0) is 24.0 Å². The number of para-hydroxylation sites is 1. The number of carbonyl (C=O) groups excluding carboxylic acids is 1. The zero-order valence-electron chi connectivity index (χ0n) is 13.4. The van der Waals surface area contributed by atoms with Crippen LogP contribution in [0.3, 0.4) is 0 Å². The Labute approximate surface area is 135 Å². The predicted molar refractivity (Wildman–Crippen MR) is 92.2 cm³/mol. The fourth-order valence-corrected chi connectivity index (χ4v) is 2.80. The standard InChI is InChI=1S/C19H21N3O/c1-13(2)12-17(14-8-4-3-5-9-14)20-19(23)18-15-10-6-7-11-16(15)21-22-18/h3-11,13,17H,12H2,1-2H3,(H,20,23)(H,21,22). The van der Waals surface area contributed by atoms with Crippen molar-refractivity contribution in [1.82, 2.24) is 15.5 Å². The molecule has 118 valence electrons. The summed E-state index contributed by atoms with van der Waals surface area (Å²) < 4.78 is 0.